The number of rotatable bonds is 3. The Labute approximate surface area is 121 Å². The average Bonchev–Trinajstić information content (AvgIpc) is 2.63. The van der Waals surface area contributed by atoms with Crippen molar-refractivity contribution in [1.29, 1.82) is 0 Å². The molecule has 3 N–H and O–H groups in total. The highest BCUT2D eigenvalue weighted by atomic mass is 19.4. The third kappa shape index (κ3) is 4.23. The van der Waals surface area contributed by atoms with E-state index in [2.05, 4.69) is 15.6 Å². The summed E-state index contributed by atoms with van der Waals surface area (Å²) in [6, 6.07) is 1.70. The van der Waals surface area contributed by atoms with Crippen molar-refractivity contribution in [3.63, 3.8) is 0 Å². The molecule has 7 heteroatoms. The lowest BCUT2D eigenvalue weighted by Gasteiger charge is -2.23. The van der Waals surface area contributed by atoms with Crippen molar-refractivity contribution in [1.82, 2.24) is 4.98 Å². The lowest BCUT2D eigenvalue weighted by atomic mass is 10.1. The van der Waals surface area contributed by atoms with Crippen LogP contribution in [-0.4, -0.2) is 29.3 Å². The Bertz CT molecular complexity index is 479. The summed E-state index contributed by atoms with van der Waals surface area (Å²) in [5.74, 6) is 0.288. The van der Waals surface area contributed by atoms with Gasteiger partial charge < -0.3 is 15.7 Å². The second kappa shape index (κ2) is 6.51. The van der Waals surface area contributed by atoms with E-state index >= 15 is 0 Å². The van der Waals surface area contributed by atoms with E-state index in [-0.39, 0.29) is 17.7 Å². The SMILES string of the molecule is CNc1cc(C(F)(F)F)cc(NC2CCCCCC2O)n1. The van der Waals surface area contributed by atoms with Crippen molar-refractivity contribution in [2.75, 3.05) is 17.7 Å². The van der Waals surface area contributed by atoms with Gasteiger partial charge in [0.1, 0.15) is 11.6 Å². The minimum Gasteiger partial charge on any atom is -0.391 e. The zero-order chi connectivity index (χ0) is 15.5. The highest BCUT2D eigenvalue weighted by molar-refractivity contribution is 5.50. The number of aliphatic hydroxyl groups excluding tert-OH is 1. The molecule has 0 radical (unpaired) electrons. The largest absolute Gasteiger partial charge is 0.416 e. The molecule has 0 saturated heterocycles. The number of aromatic nitrogens is 1. The Kier molecular flexibility index (Phi) is 4.92. The molecule has 2 rings (SSSR count). The van der Waals surface area contributed by atoms with Gasteiger partial charge in [-0.25, -0.2) is 4.98 Å². The van der Waals surface area contributed by atoms with Crippen LogP contribution in [0.1, 0.15) is 37.7 Å². The van der Waals surface area contributed by atoms with Crippen molar-refractivity contribution in [3.8, 4) is 0 Å². The first-order chi connectivity index (χ1) is 9.90. The van der Waals surface area contributed by atoms with Crippen LogP contribution in [-0.2, 0) is 6.18 Å². The number of anilines is 2. The van der Waals surface area contributed by atoms with Crippen molar-refractivity contribution in [2.24, 2.45) is 0 Å². The molecule has 1 aliphatic carbocycles. The number of halogens is 3. The first-order valence-corrected chi connectivity index (χ1v) is 7.12. The van der Waals surface area contributed by atoms with Crippen molar-refractivity contribution in [3.05, 3.63) is 17.7 Å². The molecule has 21 heavy (non-hydrogen) atoms. The number of aliphatic hydroxyl groups is 1. The number of pyridine rings is 1. The molecule has 2 atom stereocenters. The van der Waals surface area contributed by atoms with Gasteiger partial charge >= 0.3 is 6.18 Å². The van der Waals surface area contributed by atoms with Crippen LogP contribution in [0.4, 0.5) is 24.8 Å². The summed E-state index contributed by atoms with van der Waals surface area (Å²) in [6.07, 6.45) is -0.658. The zero-order valence-electron chi connectivity index (χ0n) is 11.9. The molecule has 0 amide bonds. The number of nitrogens with zero attached hydrogens (tertiary/aromatic N) is 1. The lowest BCUT2D eigenvalue weighted by Crippen LogP contribution is -2.33. The predicted octanol–water partition coefficient (Wildman–Crippen LogP) is 3.25. The summed E-state index contributed by atoms with van der Waals surface area (Å²) < 4.78 is 38.6. The molecular formula is C14H20F3N3O. The zero-order valence-corrected chi connectivity index (χ0v) is 11.9. The molecule has 1 aromatic heterocycles. The number of hydrogen-bond donors (Lipinski definition) is 3. The standard InChI is InChI=1S/C14H20F3N3O/c1-18-12-7-9(14(15,16)17)8-13(20-12)19-10-5-3-2-4-6-11(10)21/h7-8,10-11,21H,2-6H2,1H3,(H2,18,19,20). The van der Waals surface area contributed by atoms with Crippen LogP contribution in [0.3, 0.4) is 0 Å². The van der Waals surface area contributed by atoms with Crippen LogP contribution in [0.15, 0.2) is 12.1 Å². The molecule has 2 unspecified atom stereocenters. The van der Waals surface area contributed by atoms with Crippen LogP contribution in [0.25, 0.3) is 0 Å². The molecule has 1 heterocycles. The van der Waals surface area contributed by atoms with Gasteiger partial charge in [-0.1, -0.05) is 19.3 Å². The normalized spacial score (nSPS) is 23.5. The van der Waals surface area contributed by atoms with Crippen LogP contribution < -0.4 is 10.6 Å². The summed E-state index contributed by atoms with van der Waals surface area (Å²) in [5.41, 5.74) is -0.757. The third-order valence-corrected chi connectivity index (χ3v) is 3.72. The van der Waals surface area contributed by atoms with E-state index in [0.29, 0.717) is 6.42 Å². The van der Waals surface area contributed by atoms with Crippen molar-refractivity contribution < 1.29 is 18.3 Å². The van der Waals surface area contributed by atoms with E-state index in [9.17, 15) is 18.3 Å². The maximum absolute atomic E-state index is 12.9. The minimum absolute atomic E-state index is 0.139. The number of nitrogens with one attached hydrogen (secondary N) is 2. The lowest BCUT2D eigenvalue weighted by molar-refractivity contribution is -0.137. The van der Waals surface area contributed by atoms with Gasteiger partial charge in [0.05, 0.1) is 17.7 Å². The highest BCUT2D eigenvalue weighted by Gasteiger charge is 2.32. The number of alkyl halides is 3. The summed E-state index contributed by atoms with van der Waals surface area (Å²) >= 11 is 0. The smallest absolute Gasteiger partial charge is 0.391 e. The van der Waals surface area contributed by atoms with Crippen LogP contribution in [0.5, 0.6) is 0 Å². The quantitative estimate of drug-likeness (QED) is 0.750. The Morgan fingerprint density at radius 2 is 1.81 bits per heavy atom. The van der Waals surface area contributed by atoms with Gasteiger partial charge in [0.2, 0.25) is 0 Å². The second-order valence-corrected chi connectivity index (χ2v) is 5.33. The van der Waals surface area contributed by atoms with Crippen LogP contribution in [0.2, 0.25) is 0 Å². The van der Waals surface area contributed by atoms with Gasteiger partial charge in [-0.2, -0.15) is 13.2 Å². The fourth-order valence-electron chi connectivity index (χ4n) is 2.54. The number of hydrogen-bond acceptors (Lipinski definition) is 4. The van der Waals surface area contributed by atoms with Gasteiger partial charge in [-0.15, -0.1) is 0 Å². The maximum atomic E-state index is 12.9. The molecule has 0 aliphatic heterocycles. The first-order valence-electron chi connectivity index (χ1n) is 7.12. The molecule has 0 aromatic carbocycles. The van der Waals surface area contributed by atoms with Crippen molar-refractivity contribution in [2.45, 2.75) is 50.4 Å². The van der Waals surface area contributed by atoms with E-state index in [1.807, 2.05) is 0 Å². The predicted molar refractivity (Wildman–Crippen MR) is 75.3 cm³/mol. The summed E-state index contributed by atoms with van der Waals surface area (Å²) in [6.45, 7) is 0. The fraction of sp³-hybridized carbons (Fsp3) is 0.643. The monoisotopic (exact) mass is 303 g/mol. The molecule has 1 fully saturated rings. The molecule has 0 bridgehead atoms. The molecule has 4 nitrogen and oxygen atoms in total. The van der Waals surface area contributed by atoms with E-state index in [1.54, 1.807) is 0 Å². The van der Waals surface area contributed by atoms with Gasteiger partial charge in [0, 0.05) is 7.05 Å². The van der Waals surface area contributed by atoms with E-state index < -0.39 is 17.8 Å². The Morgan fingerprint density at radius 1 is 1.14 bits per heavy atom. The van der Waals surface area contributed by atoms with Gasteiger partial charge in [0.25, 0.3) is 0 Å². The Hall–Kier alpha value is -1.50. The molecule has 118 valence electrons. The fourth-order valence-corrected chi connectivity index (χ4v) is 2.54. The first kappa shape index (κ1) is 15.9. The molecule has 1 aliphatic rings. The van der Waals surface area contributed by atoms with Crippen LogP contribution in [0, 0.1) is 0 Å². The Morgan fingerprint density at radius 3 is 2.48 bits per heavy atom. The third-order valence-electron chi connectivity index (χ3n) is 3.72. The molecular weight excluding hydrogens is 283 g/mol. The molecule has 1 aromatic rings. The summed E-state index contributed by atoms with van der Waals surface area (Å²) in [4.78, 5) is 4.09. The maximum Gasteiger partial charge on any atom is 0.416 e. The van der Waals surface area contributed by atoms with Gasteiger partial charge in [-0.05, 0) is 25.0 Å². The average molecular weight is 303 g/mol. The second-order valence-electron chi connectivity index (χ2n) is 5.33. The van der Waals surface area contributed by atoms with Gasteiger partial charge in [0.15, 0.2) is 0 Å². The molecule has 0 spiro atoms. The topological polar surface area (TPSA) is 57.2 Å². The van der Waals surface area contributed by atoms with Crippen LogP contribution >= 0.6 is 0 Å². The summed E-state index contributed by atoms with van der Waals surface area (Å²) in [7, 11) is 1.52. The summed E-state index contributed by atoms with van der Waals surface area (Å²) in [5, 5.41) is 15.6. The highest BCUT2D eigenvalue weighted by Crippen LogP contribution is 2.32. The van der Waals surface area contributed by atoms with E-state index in [4.69, 9.17) is 0 Å². The van der Waals surface area contributed by atoms with E-state index in [0.717, 1.165) is 37.8 Å². The molecule has 1 saturated carbocycles. The van der Waals surface area contributed by atoms with Crippen molar-refractivity contribution >= 4 is 11.6 Å². The minimum atomic E-state index is -4.42. The van der Waals surface area contributed by atoms with Gasteiger partial charge in [-0.3, -0.25) is 0 Å². The van der Waals surface area contributed by atoms with E-state index in [1.165, 1.54) is 7.05 Å². The Balaban J connectivity index is 2.22.